The van der Waals surface area contributed by atoms with Crippen molar-refractivity contribution >= 4 is 23.6 Å². The van der Waals surface area contributed by atoms with Gasteiger partial charge in [-0.25, -0.2) is 0 Å². The lowest BCUT2D eigenvalue weighted by molar-refractivity contribution is -0.131. The summed E-state index contributed by atoms with van der Waals surface area (Å²) in [5.41, 5.74) is 0.207. The number of unbranched alkanes of at least 4 members (excludes halogenated alkanes) is 1. The predicted molar refractivity (Wildman–Crippen MR) is 121 cm³/mol. The molecule has 0 aliphatic carbocycles. The van der Waals surface area contributed by atoms with Crippen LogP contribution in [0.3, 0.4) is 0 Å². The summed E-state index contributed by atoms with van der Waals surface area (Å²) in [6.07, 6.45) is 1.21. The van der Waals surface area contributed by atoms with E-state index in [0.717, 1.165) is 19.4 Å². The zero-order valence-corrected chi connectivity index (χ0v) is 19.1. The van der Waals surface area contributed by atoms with Crippen molar-refractivity contribution in [3.8, 4) is 5.75 Å². The molecule has 1 aliphatic heterocycles. The summed E-state index contributed by atoms with van der Waals surface area (Å²) in [6, 6.07) is 4.15. The number of para-hydroxylation sites is 1. The van der Waals surface area contributed by atoms with E-state index in [0.29, 0.717) is 6.54 Å². The number of aliphatic hydroxyl groups excluding tert-OH is 1. The second-order valence-corrected chi connectivity index (χ2v) is 7.97. The Labute approximate surface area is 193 Å². The molecule has 11 heteroatoms. The van der Waals surface area contributed by atoms with Gasteiger partial charge < -0.3 is 36.0 Å². The highest BCUT2D eigenvalue weighted by Crippen LogP contribution is 2.18. The smallest absolute Gasteiger partial charge is 0.255 e. The third-order valence-electron chi connectivity index (χ3n) is 4.97. The number of carbonyl (C=O) groups excluding carboxylic acids is 4. The fraction of sp³-hybridized carbons (Fsp3) is 0.545. The van der Waals surface area contributed by atoms with E-state index in [2.05, 4.69) is 21.3 Å². The van der Waals surface area contributed by atoms with Crippen molar-refractivity contribution in [2.24, 2.45) is 0 Å². The number of benzene rings is 1. The van der Waals surface area contributed by atoms with E-state index in [-0.39, 0.29) is 24.5 Å². The molecule has 0 bridgehead atoms. The molecule has 11 nitrogen and oxygen atoms in total. The van der Waals surface area contributed by atoms with Crippen LogP contribution in [-0.4, -0.2) is 92.7 Å². The number of hydrogen-bond donors (Lipinski definition) is 5. The quantitative estimate of drug-likeness (QED) is 0.313. The van der Waals surface area contributed by atoms with Gasteiger partial charge in [-0.1, -0.05) is 12.1 Å². The lowest BCUT2D eigenvalue weighted by Gasteiger charge is -2.22. The SMILES string of the molecule is CN(C)CCCCNC(=O)[C@@H]1CC(=O)N[C@@H](CO)C(=O)NCCOc2ccccc2C(=O)N1. The maximum Gasteiger partial charge on any atom is 0.255 e. The molecule has 0 unspecified atom stereocenters. The number of ether oxygens (including phenoxy) is 1. The van der Waals surface area contributed by atoms with Crippen LogP contribution in [0.4, 0.5) is 0 Å². The van der Waals surface area contributed by atoms with Crippen LogP contribution in [0.15, 0.2) is 24.3 Å². The zero-order chi connectivity index (χ0) is 24.2. The van der Waals surface area contributed by atoms with Crippen molar-refractivity contribution in [1.29, 1.82) is 0 Å². The number of rotatable bonds is 7. The van der Waals surface area contributed by atoms with Gasteiger partial charge in [0.2, 0.25) is 17.7 Å². The maximum atomic E-state index is 12.9. The van der Waals surface area contributed by atoms with Crippen LogP contribution < -0.4 is 26.0 Å². The summed E-state index contributed by atoms with van der Waals surface area (Å²) in [5.74, 6) is -2.03. The zero-order valence-electron chi connectivity index (χ0n) is 19.1. The van der Waals surface area contributed by atoms with Gasteiger partial charge in [-0.3, -0.25) is 19.2 Å². The van der Waals surface area contributed by atoms with Gasteiger partial charge in [0.25, 0.3) is 5.91 Å². The lowest BCUT2D eigenvalue weighted by Crippen LogP contribution is -2.53. The summed E-state index contributed by atoms with van der Waals surface area (Å²) in [4.78, 5) is 52.5. The van der Waals surface area contributed by atoms with Gasteiger partial charge in [-0.2, -0.15) is 0 Å². The highest BCUT2D eigenvalue weighted by molar-refractivity contribution is 6.01. The summed E-state index contributed by atoms with van der Waals surface area (Å²) >= 11 is 0. The number of amides is 4. The second-order valence-electron chi connectivity index (χ2n) is 7.97. The lowest BCUT2D eigenvalue weighted by atomic mass is 10.1. The number of aliphatic hydroxyl groups is 1. The van der Waals surface area contributed by atoms with E-state index >= 15 is 0 Å². The van der Waals surface area contributed by atoms with Gasteiger partial charge in [0.15, 0.2) is 0 Å². The summed E-state index contributed by atoms with van der Waals surface area (Å²) in [7, 11) is 3.92. The minimum atomic E-state index is -1.18. The highest BCUT2D eigenvalue weighted by atomic mass is 16.5. The molecular weight excluding hydrogens is 430 g/mol. The summed E-state index contributed by atoms with van der Waals surface area (Å²) in [5, 5.41) is 19.8. The molecule has 2 rings (SSSR count). The van der Waals surface area contributed by atoms with Crippen molar-refractivity contribution in [2.45, 2.75) is 31.3 Å². The van der Waals surface area contributed by atoms with Crippen molar-refractivity contribution in [3.63, 3.8) is 0 Å². The van der Waals surface area contributed by atoms with E-state index in [4.69, 9.17) is 4.74 Å². The third kappa shape index (κ3) is 8.70. The van der Waals surface area contributed by atoms with Crippen molar-refractivity contribution in [1.82, 2.24) is 26.2 Å². The number of carbonyl (C=O) groups is 4. The van der Waals surface area contributed by atoms with Crippen LogP contribution in [0.1, 0.15) is 29.6 Å². The average Bonchev–Trinajstić information content (AvgIpc) is 2.78. The largest absolute Gasteiger partial charge is 0.491 e. The average molecular weight is 464 g/mol. The predicted octanol–water partition coefficient (Wildman–Crippen LogP) is -1.38. The van der Waals surface area contributed by atoms with E-state index in [9.17, 15) is 24.3 Å². The molecule has 4 amide bonds. The van der Waals surface area contributed by atoms with Gasteiger partial charge in [0.05, 0.1) is 25.1 Å². The van der Waals surface area contributed by atoms with Crippen LogP contribution in [0, 0.1) is 0 Å². The second kappa shape index (κ2) is 13.4. The monoisotopic (exact) mass is 463 g/mol. The van der Waals surface area contributed by atoms with E-state index in [1.54, 1.807) is 24.3 Å². The summed E-state index contributed by atoms with van der Waals surface area (Å²) in [6.45, 7) is 0.831. The van der Waals surface area contributed by atoms with Crippen LogP contribution >= 0.6 is 0 Å². The van der Waals surface area contributed by atoms with Crippen molar-refractivity contribution in [3.05, 3.63) is 29.8 Å². The number of fused-ring (bicyclic) bond motifs is 1. The van der Waals surface area contributed by atoms with Crippen LogP contribution in [-0.2, 0) is 14.4 Å². The molecular formula is C22H33N5O6. The molecule has 0 aromatic heterocycles. The fourth-order valence-electron chi connectivity index (χ4n) is 3.20. The molecule has 1 aromatic carbocycles. The molecule has 0 radical (unpaired) electrons. The molecule has 1 aliphatic rings. The maximum absolute atomic E-state index is 12.9. The Hall–Kier alpha value is -3.18. The van der Waals surface area contributed by atoms with Gasteiger partial charge in [-0.05, 0) is 45.6 Å². The molecule has 0 spiro atoms. The Balaban J connectivity index is 2.17. The van der Waals surface area contributed by atoms with Gasteiger partial charge in [0, 0.05) is 6.54 Å². The first kappa shape index (κ1) is 26.1. The minimum absolute atomic E-state index is 0.0684. The molecule has 182 valence electrons. The van der Waals surface area contributed by atoms with Crippen LogP contribution in [0.2, 0.25) is 0 Å². The fourth-order valence-corrected chi connectivity index (χ4v) is 3.20. The number of hydrogen-bond acceptors (Lipinski definition) is 7. The standard InChI is InChI=1S/C22H33N5O6/c1-27(2)11-6-5-9-23-21(31)16-13-19(29)25-17(14-28)22(32)24-10-12-33-18-8-4-3-7-15(18)20(30)26-16/h3-4,7-8,16-17,28H,5-6,9-14H2,1-2H3,(H,23,31)(H,24,32)(H,25,29)(H,26,30)/t16-,17-/m0/s1. The third-order valence-corrected chi connectivity index (χ3v) is 4.97. The number of nitrogens with one attached hydrogen (secondary N) is 4. The molecule has 1 aromatic rings. The Kier molecular flexibility index (Phi) is 10.6. The Morgan fingerprint density at radius 2 is 1.94 bits per heavy atom. The number of nitrogens with zero attached hydrogens (tertiary/aromatic N) is 1. The van der Waals surface area contributed by atoms with Crippen molar-refractivity contribution in [2.75, 3.05) is 46.9 Å². The Bertz CT molecular complexity index is 831. The molecule has 1 heterocycles. The molecule has 0 fully saturated rings. The molecule has 33 heavy (non-hydrogen) atoms. The van der Waals surface area contributed by atoms with E-state index in [1.807, 2.05) is 19.0 Å². The minimum Gasteiger partial charge on any atom is -0.491 e. The molecule has 2 atom stereocenters. The van der Waals surface area contributed by atoms with E-state index in [1.165, 1.54) is 0 Å². The molecule has 0 saturated heterocycles. The normalized spacial score (nSPS) is 19.9. The van der Waals surface area contributed by atoms with Crippen LogP contribution in [0.5, 0.6) is 5.75 Å². The highest BCUT2D eigenvalue weighted by Gasteiger charge is 2.28. The molecule has 5 N–H and O–H groups in total. The Morgan fingerprint density at radius 1 is 1.18 bits per heavy atom. The van der Waals surface area contributed by atoms with Crippen LogP contribution in [0.25, 0.3) is 0 Å². The van der Waals surface area contributed by atoms with E-state index < -0.39 is 48.7 Å². The molecule has 0 saturated carbocycles. The topological polar surface area (TPSA) is 149 Å². The van der Waals surface area contributed by atoms with Gasteiger partial charge in [-0.15, -0.1) is 0 Å². The first-order chi connectivity index (χ1) is 15.8. The van der Waals surface area contributed by atoms with Gasteiger partial charge >= 0.3 is 0 Å². The summed E-state index contributed by atoms with van der Waals surface area (Å²) < 4.78 is 5.62. The van der Waals surface area contributed by atoms with Gasteiger partial charge in [0.1, 0.15) is 24.4 Å². The first-order valence-electron chi connectivity index (χ1n) is 10.9. The first-order valence-corrected chi connectivity index (χ1v) is 10.9. The Morgan fingerprint density at radius 3 is 2.67 bits per heavy atom. The van der Waals surface area contributed by atoms with Crippen molar-refractivity contribution < 1.29 is 29.0 Å².